The van der Waals surface area contributed by atoms with E-state index in [2.05, 4.69) is 117 Å². The first-order valence-corrected chi connectivity index (χ1v) is 9.16. The summed E-state index contributed by atoms with van der Waals surface area (Å²) in [7, 11) is 4.26. The normalized spacial score (nSPS) is 12.0. The van der Waals surface area contributed by atoms with Crippen LogP contribution in [0.25, 0.3) is 5.47 Å². The lowest BCUT2D eigenvalue weighted by atomic mass is 9.34. The zero-order valence-corrected chi connectivity index (χ0v) is 15.9. The molecule has 0 N–H and O–H groups in total. The van der Waals surface area contributed by atoms with Crippen LogP contribution in [0.2, 0.25) is 0 Å². The minimum Gasteiger partial charge on any atom is -0.305 e. The highest BCUT2D eigenvalue weighted by molar-refractivity contribution is 6.99. The number of benzene rings is 3. The van der Waals surface area contributed by atoms with Gasteiger partial charge in [0.15, 0.2) is 0 Å². The molecule has 3 rings (SSSR count). The van der Waals surface area contributed by atoms with Crippen molar-refractivity contribution in [1.82, 2.24) is 4.90 Å². The molecule has 3 aromatic carbocycles. The maximum absolute atomic E-state index is 2.27. The van der Waals surface area contributed by atoms with Gasteiger partial charge in [0, 0.05) is 6.54 Å². The van der Waals surface area contributed by atoms with Gasteiger partial charge in [0.1, 0.15) is 0 Å². The number of hydrogen-bond donors (Lipinski definition) is 0. The number of rotatable bonds is 6. The highest BCUT2D eigenvalue weighted by atomic mass is 15.0. The molecule has 0 aromatic heterocycles. The molecule has 3 aromatic rings. The summed E-state index contributed by atoms with van der Waals surface area (Å²) in [5.41, 5.74) is 6.76. The summed E-state index contributed by atoms with van der Waals surface area (Å²) in [6, 6.07) is 32.5. The first-order chi connectivity index (χ1) is 12.7. The second-order valence-corrected chi connectivity index (χ2v) is 7.05. The van der Waals surface area contributed by atoms with Crippen molar-refractivity contribution >= 4 is 23.1 Å². The largest absolute Gasteiger partial charge is 0.305 e. The van der Waals surface area contributed by atoms with Gasteiger partial charge in [0.2, 0.25) is 6.71 Å². The van der Waals surface area contributed by atoms with Crippen LogP contribution in [0.4, 0.5) is 0 Å². The maximum Gasteiger partial charge on any atom is 0.241 e. The van der Waals surface area contributed by atoms with Crippen molar-refractivity contribution in [2.75, 3.05) is 20.6 Å². The van der Waals surface area contributed by atoms with Gasteiger partial charge >= 0.3 is 0 Å². The second-order valence-electron chi connectivity index (χ2n) is 7.05. The fraction of sp³-hybridized carbons (Fsp3) is 0.167. The summed E-state index contributed by atoms with van der Waals surface area (Å²) >= 11 is 0. The van der Waals surface area contributed by atoms with E-state index in [1.165, 1.54) is 27.5 Å². The van der Waals surface area contributed by atoms with E-state index in [9.17, 15) is 0 Å². The number of likely N-dealkylation sites (N-methyl/N-ethyl adjacent to an activating group) is 1. The van der Waals surface area contributed by atoms with Crippen molar-refractivity contribution in [3.63, 3.8) is 0 Å². The lowest BCUT2D eigenvalue weighted by Crippen LogP contribution is -2.44. The van der Waals surface area contributed by atoms with Gasteiger partial charge < -0.3 is 4.90 Å². The molecule has 2 heteroatoms. The van der Waals surface area contributed by atoms with E-state index in [1.807, 2.05) is 0 Å². The quantitative estimate of drug-likeness (QED) is 0.616. The SMILES string of the molecule is C/C(CN(C)C)=C(\B(c1ccccc1)c1ccccc1)c1ccccc1. The van der Waals surface area contributed by atoms with Crippen molar-refractivity contribution in [1.29, 1.82) is 0 Å². The molecule has 0 aliphatic rings. The summed E-state index contributed by atoms with van der Waals surface area (Å²) in [6.07, 6.45) is 0. The van der Waals surface area contributed by atoms with Gasteiger partial charge in [-0.1, -0.05) is 113 Å². The molecule has 0 fully saturated rings. The van der Waals surface area contributed by atoms with E-state index in [4.69, 9.17) is 0 Å². The van der Waals surface area contributed by atoms with E-state index in [-0.39, 0.29) is 6.71 Å². The first kappa shape index (κ1) is 18.2. The summed E-state index contributed by atoms with van der Waals surface area (Å²) in [5.74, 6) is 0. The standard InChI is InChI=1S/C24H26BN/c1-20(19-26(2)3)24(21-13-7-4-8-14-21)25(22-15-9-5-10-16-22)23-17-11-6-12-18-23/h4-18H,19H2,1-3H3/b24-20+. The maximum atomic E-state index is 2.27. The molecule has 0 radical (unpaired) electrons. The van der Waals surface area contributed by atoms with Crippen molar-refractivity contribution in [3.05, 3.63) is 102 Å². The van der Waals surface area contributed by atoms with Gasteiger partial charge in [0.25, 0.3) is 0 Å². The van der Waals surface area contributed by atoms with Gasteiger partial charge in [-0.15, -0.1) is 0 Å². The number of hydrogen-bond acceptors (Lipinski definition) is 1. The Hall–Kier alpha value is -2.58. The zero-order valence-electron chi connectivity index (χ0n) is 15.9. The van der Waals surface area contributed by atoms with Crippen LogP contribution >= 0.6 is 0 Å². The fourth-order valence-corrected chi connectivity index (χ4v) is 3.65. The molecule has 130 valence electrons. The molecule has 0 amide bonds. The Morgan fingerprint density at radius 3 is 1.54 bits per heavy atom. The Morgan fingerprint density at radius 2 is 1.12 bits per heavy atom. The average molecular weight is 339 g/mol. The Morgan fingerprint density at radius 1 is 0.692 bits per heavy atom. The third kappa shape index (κ3) is 4.33. The summed E-state index contributed by atoms with van der Waals surface area (Å²) in [6.45, 7) is 3.43. The third-order valence-electron chi connectivity index (χ3n) is 4.65. The summed E-state index contributed by atoms with van der Waals surface area (Å²) in [4.78, 5) is 2.24. The van der Waals surface area contributed by atoms with Crippen LogP contribution in [-0.2, 0) is 0 Å². The second kappa shape index (κ2) is 8.69. The Bertz CT molecular complexity index is 800. The average Bonchev–Trinajstić information content (AvgIpc) is 2.67. The molecular formula is C24H26BN. The molecule has 0 aliphatic heterocycles. The molecule has 0 aliphatic carbocycles. The van der Waals surface area contributed by atoms with E-state index in [1.54, 1.807) is 0 Å². The van der Waals surface area contributed by atoms with E-state index >= 15 is 0 Å². The topological polar surface area (TPSA) is 3.24 Å². The van der Waals surface area contributed by atoms with E-state index in [0.29, 0.717) is 0 Å². The van der Waals surface area contributed by atoms with Crippen LogP contribution in [0.5, 0.6) is 0 Å². The molecule has 0 atom stereocenters. The fourth-order valence-electron chi connectivity index (χ4n) is 3.65. The molecular weight excluding hydrogens is 313 g/mol. The van der Waals surface area contributed by atoms with Crippen LogP contribution in [0.3, 0.4) is 0 Å². The highest BCUT2D eigenvalue weighted by Crippen LogP contribution is 2.22. The summed E-state index contributed by atoms with van der Waals surface area (Å²) < 4.78 is 0. The van der Waals surface area contributed by atoms with Gasteiger partial charge in [0.05, 0.1) is 0 Å². The molecule has 0 bridgehead atoms. The van der Waals surface area contributed by atoms with E-state index in [0.717, 1.165) is 6.54 Å². The smallest absolute Gasteiger partial charge is 0.241 e. The molecule has 0 saturated heterocycles. The van der Waals surface area contributed by atoms with Crippen LogP contribution in [-0.4, -0.2) is 32.3 Å². The minimum atomic E-state index is 0.222. The van der Waals surface area contributed by atoms with Crippen LogP contribution in [0.15, 0.2) is 96.6 Å². The molecule has 0 unspecified atom stereocenters. The molecule has 0 spiro atoms. The molecule has 0 heterocycles. The summed E-state index contributed by atoms with van der Waals surface area (Å²) in [5, 5.41) is 0. The highest BCUT2D eigenvalue weighted by Gasteiger charge is 2.26. The van der Waals surface area contributed by atoms with Crippen LogP contribution in [0.1, 0.15) is 12.5 Å². The zero-order chi connectivity index (χ0) is 18.4. The van der Waals surface area contributed by atoms with Crippen molar-refractivity contribution < 1.29 is 0 Å². The minimum absolute atomic E-state index is 0.222. The van der Waals surface area contributed by atoms with E-state index < -0.39 is 0 Å². The van der Waals surface area contributed by atoms with Crippen molar-refractivity contribution in [2.45, 2.75) is 6.92 Å². The number of nitrogens with zero attached hydrogens (tertiary/aromatic N) is 1. The van der Waals surface area contributed by atoms with Gasteiger partial charge in [-0.05, 0) is 26.6 Å². The van der Waals surface area contributed by atoms with Crippen molar-refractivity contribution in [3.8, 4) is 0 Å². The van der Waals surface area contributed by atoms with Crippen LogP contribution < -0.4 is 10.9 Å². The lowest BCUT2D eigenvalue weighted by molar-refractivity contribution is 0.446. The lowest BCUT2D eigenvalue weighted by Gasteiger charge is -2.23. The van der Waals surface area contributed by atoms with Gasteiger partial charge in [-0.2, -0.15) is 0 Å². The van der Waals surface area contributed by atoms with Gasteiger partial charge in [-0.3, -0.25) is 0 Å². The molecule has 26 heavy (non-hydrogen) atoms. The first-order valence-electron chi connectivity index (χ1n) is 9.16. The Kier molecular flexibility index (Phi) is 6.09. The molecule has 1 nitrogen and oxygen atoms in total. The predicted molar refractivity (Wildman–Crippen MR) is 115 cm³/mol. The molecule has 0 saturated carbocycles. The van der Waals surface area contributed by atoms with Crippen molar-refractivity contribution in [2.24, 2.45) is 0 Å². The third-order valence-corrected chi connectivity index (χ3v) is 4.65. The monoisotopic (exact) mass is 339 g/mol. The Labute approximate surface area is 158 Å². The Balaban J connectivity index is 2.23. The van der Waals surface area contributed by atoms with Crippen LogP contribution in [0, 0.1) is 0 Å². The van der Waals surface area contributed by atoms with Gasteiger partial charge in [-0.25, -0.2) is 0 Å². The predicted octanol–water partition coefficient (Wildman–Crippen LogP) is 3.87.